The first-order valence-electron chi connectivity index (χ1n) is 7.78. The second kappa shape index (κ2) is 8.25. The first-order chi connectivity index (χ1) is 11.9. The highest BCUT2D eigenvalue weighted by atomic mass is 16.6. The topological polar surface area (TPSA) is 102 Å². The van der Waals surface area contributed by atoms with Crippen molar-refractivity contribution < 1.29 is 19.6 Å². The van der Waals surface area contributed by atoms with E-state index in [-0.39, 0.29) is 31.0 Å². The van der Waals surface area contributed by atoms with E-state index in [0.717, 1.165) is 16.7 Å². The Bertz CT molecular complexity index is 769. The molecular weight excluding hydrogens is 324 g/mol. The van der Waals surface area contributed by atoms with Crippen molar-refractivity contribution in [3.05, 3.63) is 68.8 Å². The van der Waals surface area contributed by atoms with Crippen molar-refractivity contribution in [3.8, 4) is 0 Å². The Morgan fingerprint density at radius 3 is 2.48 bits per heavy atom. The maximum absolute atomic E-state index is 12.4. The predicted molar refractivity (Wildman–Crippen MR) is 93.7 cm³/mol. The van der Waals surface area contributed by atoms with Gasteiger partial charge in [0.05, 0.1) is 17.1 Å². The van der Waals surface area contributed by atoms with Crippen molar-refractivity contribution in [3.63, 3.8) is 0 Å². The molecule has 0 bridgehead atoms. The summed E-state index contributed by atoms with van der Waals surface area (Å²) in [6.45, 7) is 4.07. The molecule has 7 nitrogen and oxygen atoms in total. The molecule has 2 rings (SSSR count). The third-order valence-electron chi connectivity index (χ3n) is 3.51. The average molecular weight is 344 g/mol. The van der Waals surface area contributed by atoms with Crippen LogP contribution in [0.2, 0.25) is 0 Å². The number of hydrogen-bond donors (Lipinski definition) is 2. The minimum Gasteiger partial charge on any atom is -0.457 e. The van der Waals surface area contributed by atoms with Gasteiger partial charge in [0.2, 0.25) is 0 Å². The molecule has 0 aliphatic rings. The van der Waals surface area contributed by atoms with Crippen LogP contribution < -0.4 is 5.32 Å². The normalized spacial score (nSPS) is 10.4. The number of benzene rings is 2. The Balaban J connectivity index is 2.20. The van der Waals surface area contributed by atoms with Crippen LogP contribution in [0.1, 0.15) is 27.0 Å². The Morgan fingerprint density at radius 2 is 1.88 bits per heavy atom. The zero-order chi connectivity index (χ0) is 18.4. The van der Waals surface area contributed by atoms with Gasteiger partial charge in [0.25, 0.3) is 5.69 Å². The molecule has 0 spiro atoms. The fraction of sp³-hybridized carbons (Fsp3) is 0.278. The van der Waals surface area contributed by atoms with Gasteiger partial charge in [0, 0.05) is 24.4 Å². The number of aliphatic hydroxyl groups is 1. The number of non-ortho nitro benzene ring substituents is 1. The maximum Gasteiger partial charge on any atom is 0.340 e. The lowest BCUT2D eigenvalue weighted by Crippen LogP contribution is -2.13. The third kappa shape index (κ3) is 5.02. The van der Waals surface area contributed by atoms with Crippen LogP contribution in [0, 0.1) is 24.0 Å². The van der Waals surface area contributed by atoms with Gasteiger partial charge >= 0.3 is 5.97 Å². The van der Waals surface area contributed by atoms with Gasteiger partial charge in [-0.05, 0) is 25.5 Å². The van der Waals surface area contributed by atoms with Crippen molar-refractivity contribution in [1.29, 1.82) is 0 Å². The van der Waals surface area contributed by atoms with E-state index >= 15 is 0 Å². The molecule has 0 atom stereocenters. The lowest BCUT2D eigenvalue weighted by Gasteiger charge is -2.11. The van der Waals surface area contributed by atoms with E-state index in [1.165, 1.54) is 18.2 Å². The van der Waals surface area contributed by atoms with E-state index in [4.69, 9.17) is 9.84 Å². The van der Waals surface area contributed by atoms with E-state index < -0.39 is 10.9 Å². The molecule has 0 heterocycles. The fourth-order valence-electron chi connectivity index (χ4n) is 2.54. The third-order valence-corrected chi connectivity index (χ3v) is 3.51. The molecule has 0 radical (unpaired) electrons. The summed E-state index contributed by atoms with van der Waals surface area (Å²) in [5.41, 5.74) is 3.21. The Hall–Kier alpha value is -2.93. The summed E-state index contributed by atoms with van der Waals surface area (Å²) in [5, 5.41) is 22.7. The van der Waals surface area contributed by atoms with E-state index in [9.17, 15) is 14.9 Å². The number of aliphatic hydroxyl groups excluding tert-OH is 1. The van der Waals surface area contributed by atoms with Gasteiger partial charge in [0.15, 0.2) is 0 Å². The largest absolute Gasteiger partial charge is 0.457 e. The van der Waals surface area contributed by atoms with Gasteiger partial charge in [-0.1, -0.05) is 29.3 Å². The number of nitro benzene ring substituents is 1. The minimum atomic E-state index is -0.664. The standard InChI is InChI=1S/C18H20N2O5/c1-12-7-13(2)9-14(8-12)11-25-18(22)16-10-15(20(23)24)3-4-17(16)19-5-6-21/h3-4,7-10,19,21H,5-6,11H2,1-2H3. The average Bonchev–Trinajstić information content (AvgIpc) is 2.56. The second-order valence-electron chi connectivity index (χ2n) is 5.71. The number of carbonyl (C=O) groups is 1. The highest BCUT2D eigenvalue weighted by molar-refractivity contribution is 5.96. The quantitative estimate of drug-likeness (QED) is 0.455. The summed E-state index contributed by atoms with van der Waals surface area (Å²) in [7, 11) is 0. The molecule has 2 aromatic carbocycles. The molecule has 2 aromatic rings. The summed E-state index contributed by atoms with van der Waals surface area (Å²) in [6, 6.07) is 9.74. The van der Waals surface area contributed by atoms with Crippen molar-refractivity contribution in [1.82, 2.24) is 0 Å². The van der Waals surface area contributed by atoms with Gasteiger partial charge in [-0.3, -0.25) is 10.1 Å². The molecule has 0 saturated heterocycles. The SMILES string of the molecule is Cc1cc(C)cc(COC(=O)c2cc([N+](=O)[O-])ccc2NCCO)c1. The zero-order valence-electron chi connectivity index (χ0n) is 14.1. The molecule has 0 unspecified atom stereocenters. The number of anilines is 1. The first-order valence-corrected chi connectivity index (χ1v) is 7.78. The highest BCUT2D eigenvalue weighted by Crippen LogP contribution is 2.23. The number of nitrogens with zero attached hydrogens (tertiary/aromatic N) is 1. The van der Waals surface area contributed by atoms with Crippen LogP contribution in [0.25, 0.3) is 0 Å². The molecular formula is C18H20N2O5. The van der Waals surface area contributed by atoms with Gasteiger partial charge in [0.1, 0.15) is 6.61 Å². The minimum absolute atomic E-state index is 0.0621. The van der Waals surface area contributed by atoms with Gasteiger partial charge in [-0.15, -0.1) is 0 Å². The monoisotopic (exact) mass is 344 g/mol. The fourth-order valence-corrected chi connectivity index (χ4v) is 2.54. The molecule has 2 N–H and O–H groups in total. The lowest BCUT2D eigenvalue weighted by molar-refractivity contribution is -0.384. The second-order valence-corrected chi connectivity index (χ2v) is 5.71. The van der Waals surface area contributed by atoms with Crippen molar-refractivity contribution in [2.75, 3.05) is 18.5 Å². The number of hydrogen-bond acceptors (Lipinski definition) is 6. The molecule has 7 heteroatoms. The number of carbonyl (C=O) groups excluding carboxylic acids is 1. The Morgan fingerprint density at radius 1 is 1.20 bits per heavy atom. The summed E-state index contributed by atoms with van der Waals surface area (Å²) >= 11 is 0. The smallest absolute Gasteiger partial charge is 0.340 e. The Labute approximate surface area is 145 Å². The first kappa shape index (κ1) is 18.4. The summed E-state index contributed by atoms with van der Waals surface area (Å²) < 4.78 is 5.32. The van der Waals surface area contributed by atoms with E-state index in [1.807, 2.05) is 32.0 Å². The van der Waals surface area contributed by atoms with Gasteiger partial charge in [-0.2, -0.15) is 0 Å². The number of rotatable bonds is 7. The number of ether oxygens (including phenoxy) is 1. The van der Waals surface area contributed by atoms with Crippen LogP contribution in [0.5, 0.6) is 0 Å². The van der Waals surface area contributed by atoms with Crippen LogP contribution in [-0.4, -0.2) is 29.2 Å². The van der Waals surface area contributed by atoms with E-state index in [0.29, 0.717) is 5.69 Å². The molecule has 0 aromatic heterocycles. The van der Waals surface area contributed by atoms with Crippen LogP contribution in [0.3, 0.4) is 0 Å². The molecule has 0 aliphatic heterocycles. The lowest BCUT2D eigenvalue weighted by atomic mass is 10.1. The number of nitrogens with one attached hydrogen (secondary N) is 1. The highest BCUT2D eigenvalue weighted by Gasteiger charge is 2.18. The number of esters is 1. The van der Waals surface area contributed by atoms with Crippen LogP contribution >= 0.6 is 0 Å². The molecule has 0 amide bonds. The molecule has 0 aliphatic carbocycles. The van der Waals surface area contributed by atoms with Gasteiger partial charge in [-0.25, -0.2) is 4.79 Å². The zero-order valence-corrected chi connectivity index (χ0v) is 14.1. The maximum atomic E-state index is 12.4. The van der Waals surface area contributed by atoms with E-state index in [1.54, 1.807) is 0 Å². The molecule has 0 fully saturated rings. The number of aryl methyl sites for hydroxylation is 2. The summed E-state index contributed by atoms with van der Waals surface area (Å²) in [4.78, 5) is 22.8. The van der Waals surface area contributed by atoms with Crippen molar-refractivity contribution >= 4 is 17.3 Å². The number of nitro groups is 1. The van der Waals surface area contributed by atoms with Crippen molar-refractivity contribution in [2.24, 2.45) is 0 Å². The van der Waals surface area contributed by atoms with Crippen LogP contribution in [0.15, 0.2) is 36.4 Å². The summed E-state index contributed by atoms with van der Waals surface area (Å²) in [5.74, 6) is -0.664. The Kier molecular flexibility index (Phi) is 6.08. The predicted octanol–water partition coefficient (Wildman–Crippen LogP) is 2.97. The van der Waals surface area contributed by atoms with Gasteiger partial charge < -0.3 is 15.2 Å². The van der Waals surface area contributed by atoms with Crippen LogP contribution in [0.4, 0.5) is 11.4 Å². The molecule has 132 valence electrons. The van der Waals surface area contributed by atoms with Crippen molar-refractivity contribution in [2.45, 2.75) is 20.5 Å². The van der Waals surface area contributed by atoms with E-state index in [2.05, 4.69) is 5.32 Å². The van der Waals surface area contributed by atoms with Crippen LogP contribution in [-0.2, 0) is 11.3 Å². The molecule has 0 saturated carbocycles. The molecule has 25 heavy (non-hydrogen) atoms. The summed E-state index contributed by atoms with van der Waals surface area (Å²) in [6.07, 6.45) is 0.